The molecule has 0 amide bonds. The summed E-state index contributed by atoms with van der Waals surface area (Å²) in [5.74, 6) is 0. The molecular weight excluding hydrogens is 386 g/mol. The second kappa shape index (κ2) is 10.5. The smallest absolute Gasteiger partial charge is 0.0595 e. The fourth-order valence-electron chi connectivity index (χ4n) is 2.26. The lowest BCUT2D eigenvalue weighted by atomic mass is 10.2. The summed E-state index contributed by atoms with van der Waals surface area (Å²) in [6.07, 6.45) is 2.21. The molecule has 0 radical (unpaired) electrons. The molecule has 24 heavy (non-hydrogen) atoms. The number of halogens is 4. The van der Waals surface area contributed by atoms with E-state index in [4.69, 9.17) is 46.4 Å². The summed E-state index contributed by atoms with van der Waals surface area (Å²) in [6, 6.07) is 11.4. The molecule has 2 N–H and O–H groups in total. The fraction of sp³-hybridized carbons (Fsp3) is 0.333. The Balaban J connectivity index is 1.53. The van der Waals surface area contributed by atoms with Crippen molar-refractivity contribution in [1.82, 2.24) is 10.6 Å². The Labute approximate surface area is 163 Å². The van der Waals surface area contributed by atoms with Gasteiger partial charge in [-0.3, -0.25) is 0 Å². The Kier molecular flexibility index (Phi) is 8.68. The molecule has 0 saturated heterocycles. The molecule has 0 aliphatic rings. The molecule has 0 bridgehead atoms. The van der Waals surface area contributed by atoms with Gasteiger partial charge in [-0.1, -0.05) is 58.5 Å². The highest BCUT2D eigenvalue weighted by Crippen LogP contribution is 2.23. The van der Waals surface area contributed by atoms with E-state index < -0.39 is 0 Å². The average Bonchev–Trinajstić information content (AvgIpc) is 2.56. The highest BCUT2D eigenvalue weighted by molar-refractivity contribution is 6.42. The van der Waals surface area contributed by atoms with E-state index in [1.165, 1.54) is 0 Å². The number of benzene rings is 2. The number of unbranched alkanes of at least 4 members (excludes halogenated alkanes) is 1. The van der Waals surface area contributed by atoms with Gasteiger partial charge in [0, 0.05) is 13.1 Å². The van der Waals surface area contributed by atoms with Gasteiger partial charge in [0.1, 0.15) is 0 Å². The van der Waals surface area contributed by atoms with Crippen LogP contribution >= 0.6 is 46.4 Å². The van der Waals surface area contributed by atoms with Gasteiger partial charge in [-0.05, 0) is 61.3 Å². The van der Waals surface area contributed by atoms with Crippen molar-refractivity contribution in [3.8, 4) is 0 Å². The van der Waals surface area contributed by atoms with Gasteiger partial charge >= 0.3 is 0 Å². The third-order valence-corrected chi connectivity index (χ3v) is 5.06. The molecule has 0 atom stereocenters. The minimum Gasteiger partial charge on any atom is -0.313 e. The van der Waals surface area contributed by atoms with Crippen LogP contribution in [0.1, 0.15) is 24.0 Å². The van der Waals surface area contributed by atoms with Crippen molar-refractivity contribution in [2.45, 2.75) is 25.9 Å². The van der Waals surface area contributed by atoms with E-state index in [2.05, 4.69) is 10.6 Å². The van der Waals surface area contributed by atoms with Gasteiger partial charge in [-0.25, -0.2) is 0 Å². The first-order valence-corrected chi connectivity index (χ1v) is 9.37. The maximum absolute atomic E-state index is 6.00. The van der Waals surface area contributed by atoms with Crippen LogP contribution < -0.4 is 10.6 Å². The first-order chi connectivity index (χ1) is 11.6. The van der Waals surface area contributed by atoms with E-state index in [0.717, 1.165) is 50.1 Å². The number of rotatable bonds is 9. The van der Waals surface area contributed by atoms with E-state index in [-0.39, 0.29) is 0 Å². The lowest BCUT2D eigenvalue weighted by Gasteiger charge is -2.08. The summed E-state index contributed by atoms with van der Waals surface area (Å²) < 4.78 is 0. The van der Waals surface area contributed by atoms with E-state index in [1.54, 1.807) is 0 Å². The van der Waals surface area contributed by atoms with Crippen LogP contribution in [0.3, 0.4) is 0 Å². The molecule has 0 aliphatic carbocycles. The first-order valence-electron chi connectivity index (χ1n) is 7.85. The van der Waals surface area contributed by atoms with Crippen LogP contribution in [0.4, 0.5) is 0 Å². The molecule has 2 nitrogen and oxygen atoms in total. The van der Waals surface area contributed by atoms with Crippen molar-refractivity contribution < 1.29 is 0 Å². The third kappa shape index (κ3) is 6.79. The third-order valence-electron chi connectivity index (χ3n) is 3.58. The van der Waals surface area contributed by atoms with E-state index in [1.807, 2.05) is 36.4 Å². The van der Waals surface area contributed by atoms with Crippen LogP contribution in [-0.4, -0.2) is 13.1 Å². The van der Waals surface area contributed by atoms with Crippen LogP contribution in [0.25, 0.3) is 0 Å². The monoisotopic (exact) mass is 404 g/mol. The zero-order valence-corrected chi connectivity index (χ0v) is 16.2. The van der Waals surface area contributed by atoms with Crippen LogP contribution in [0.2, 0.25) is 20.1 Å². The lowest BCUT2D eigenvalue weighted by Crippen LogP contribution is -2.18. The second-order valence-electron chi connectivity index (χ2n) is 5.56. The van der Waals surface area contributed by atoms with Gasteiger partial charge < -0.3 is 10.6 Å². The molecule has 0 aliphatic heterocycles. The molecule has 0 aromatic heterocycles. The molecule has 0 saturated carbocycles. The topological polar surface area (TPSA) is 24.1 Å². The summed E-state index contributed by atoms with van der Waals surface area (Å²) in [7, 11) is 0. The first kappa shape index (κ1) is 19.8. The predicted octanol–water partition coefficient (Wildman–Crippen LogP) is 5.96. The van der Waals surface area contributed by atoms with E-state index in [9.17, 15) is 0 Å². The Morgan fingerprint density at radius 1 is 0.583 bits per heavy atom. The van der Waals surface area contributed by atoms with Gasteiger partial charge in [0.05, 0.1) is 20.1 Å². The lowest BCUT2D eigenvalue weighted by molar-refractivity contribution is 0.582. The number of nitrogens with one attached hydrogen (secondary N) is 2. The summed E-state index contributed by atoms with van der Waals surface area (Å²) in [5.41, 5.74) is 2.28. The van der Waals surface area contributed by atoms with Crippen LogP contribution in [0.15, 0.2) is 36.4 Å². The van der Waals surface area contributed by atoms with E-state index >= 15 is 0 Å². The molecule has 0 unspecified atom stereocenters. The summed E-state index contributed by atoms with van der Waals surface area (Å²) in [4.78, 5) is 0. The van der Waals surface area contributed by atoms with Gasteiger partial charge in [-0.2, -0.15) is 0 Å². The van der Waals surface area contributed by atoms with Gasteiger partial charge in [-0.15, -0.1) is 0 Å². The van der Waals surface area contributed by atoms with Crippen LogP contribution in [0.5, 0.6) is 0 Å². The van der Waals surface area contributed by atoms with Crippen LogP contribution in [-0.2, 0) is 13.1 Å². The zero-order valence-electron chi connectivity index (χ0n) is 13.2. The summed E-state index contributed by atoms with van der Waals surface area (Å²) in [5, 5.41) is 9.20. The normalized spacial score (nSPS) is 11.0. The molecule has 130 valence electrons. The molecule has 6 heteroatoms. The van der Waals surface area contributed by atoms with Crippen molar-refractivity contribution >= 4 is 46.4 Å². The largest absolute Gasteiger partial charge is 0.313 e. The number of hydrogen-bond acceptors (Lipinski definition) is 2. The van der Waals surface area contributed by atoms with Gasteiger partial charge in [0.25, 0.3) is 0 Å². The van der Waals surface area contributed by atoms with Crippen molar-refractivity contribution in [2.24, 2.45) is 0 Å². The highest BCUT2D eigenvalue weighted by atomic mass is 35.5. The molecule has 0 fully saturated rings. The van der Waals surface area contributed by atoms with Gasteiger partial charge in [0.2, 0.25) is 0 Å². The summed E-state index contributed by atoms with van der Waals surface area (Å²) in [6.45, 7) is 3.53. The van der Waals surface area contributed by atoms with E-state index in [0.29, 0.717) is 20.1 Å². The molecule has 2 aromatic rings. The number of hydrogen-bond donors (Lipinski definition) is 2. The Hall–Kier alpha value is -0.480. The molecule has 0 heterocycles. The maximum Gasteiger partial charge on any atom is 0.0595 e. The molecule has 0 spiro atoms. The average molecular weight is 406 g/mol. The SMILES string of the molecule is Clc1ccc(CNCCCCNCc2ccc(Cl)c(Cl)c2)cc1Cl. The predicted molar refractivity (Wildman–Crippen MR) is 106 cm³/mol. The van der Waals surface area contributed by atoms with Crippen molar-refractivity contribution in [3.05, 3.63) is 67.6 Å². The standard InChI is InChI=1S/C18H20Cl4N2/c19-15-5-3-13(9-17(15)21)11-23-7-1-2-8-24-12-14-4-6-16(20)18(22)10-14/h3-6,9-10,23-24H,1-2,7-8,11-12H2. The minimum atomic E-state index is 0.591. The molecule has 2 aromatic carbocycles. The Morgan fingerprint density at radius 3 is 1.38 bits per heavy atom. The highest BCUT2D eigenvalue weighted by Gasteiger charge is 2.00. The maximum atomic E-state index is 6.00. The second-order valence-corrected chi connectivity index (χ2v) is 7.19. The zero-order chi connectivity index (χ0) is 17.4. The molecular formula is C18H20Cl4N2. The van der Waals surface area contributed by atoms with Crippen molar-refractivity contribution in [1.29, 1.82) is 0 Å². The van der Waals surface area contributed by atoms with Crippen LogP contribution in [0, 0.1) is 0 Å². The Bertz CT molecular complexity index is 604. The minimum absolute atomic E-state index is 0.591. The quantitative estimate of drug-likeness (QED) is 0.503. The van der Waals surface area contributed by atoms with Crippen molar-refractivity contribution in [3.63, 3.8) is 0 Å². The summed E-state index contributed by atoms with van der Waals surface area (Å²) >= 11 is 23.8. The van der Waals surface area contributed by atoms with Gasteiger partial charge in [0.15, 0.2) is 0 Å². The molecule has 2 rings (SSSR count). The van der Waals surface area contributed by atoms with Crippen molar-refractivity contribution in [2.75, 3.05) is 13.1 Å². The fourth-order valence-corrected chi connectivity index (χ4v) is 2.91. The Morgan fingerprint density at radius 2 is 1.00 bits per heavy atom.